The number of hydrogen-bond acceptors (Lipinski definition) is 1. The number of rotatable bonds is 2. The number of benzene rings is 2. The molecule has 0 unspecified atom stereocenters. The van der Waals surface area contributed by atoms with E-state index in [1.807, 2.05) is 36.4 Å². The van der Waals surface area contributed by atoms with Gasteiger partial charge in [0.2, 0.25) is 0 Å². The zero-order chi connectivity index (χ0) is 13.1. The quantitative estimate of drug-likeness (QED) is 0.631. The number of hydrogen-bond donors (Lipinski definition) is 0. The molecule has 0 radical (unpaired) electrons. The van der Waals surface area contributed by atoms with E-state index in [-0.39, 0.29) is 0 Å². The van der Waals surface area contributed by atoms with E-state index in [9.17, 15) is 0 Å². The second-order valence-corrected chi connectivity index (χ2v) is 4.70. The summed E-state index contributed by atoms with van der Waals surface area (Å²) in [7, 11) is 0. The predicted molar refractivity (Wildman–Crippen MR) is 82.1 cm³/mol. The number of halogens is 1. The fraction of sp³-hybridized carbons (Fsp3) is 0. The van der Waals surface area contributed by atoms with Crippen molar-refractivity contribution in [2.45, 2.75) is 0 Å². The van der Waals surface area contributed by atoms with Crippen molar-refractivity contribution in [2.75, 3.05) is 0 Å². The highest BCUT2D eigenvalue weighted by Crippen LogP contribution is 2.27. The molecule has 0 aliphatic heterocycles. The smallest absolute Gasteiger partial charge is 0.0484 e. The van der Waals surface area contributed by atoms with Crippen molar-refractivity contribution >= 4 is 34.5 Å². The Morgan fingerprint density at radius 3 is 2.47 bits per heavy atom. The lowest BCUT2D eigenvalue weighted by Crippen LogP contribution is -1.80. The van der Waals surface area contributed by atoms with Crippen LogP contribution in [0.1, 0.15) is 11.1 Å². The van der Waals surface area contributed by atoms with Crippen LogP contribution in [0.3, 0.4) is 0 Å². The molecule has 0 bridgehead atoms. The fourth-order valence-corrected chi connectivity index (χ4v) is 2.32. The van der Waals surface area contributed by atoms with Gasteiger partial charge in [-0.05, 0) is 34.5 Å². The van der Waals surface area contributed by atoms with Gasteiger partial charge in [0, 0.05) is 23.0 Å². The van der Waals surface area contributed by atoms with Crippen LogP contribution in [0.4, 0.5) is 0 Å². The molecule has 0 aliphatic rings. The Balaban J connectivity index is 2.10. The van der Waals surface area contributed by atoms with Gasteiger partial charge in [0.25, 0.3) is 0 Å². The average molecular weight is 266 g/mol. The maximum absolute atomic E-state index is 6.31. The molecule has 0 saturated heterocycles. The molecule has 19 heavy (non-hydrogen) atoms. The molecule has 2 heteroatoms. The number of aromatic nitrogens is 1. The molecule has 3 aromatic rings. The zero-order valence-electron chi connectivity index (χ0n) is 10.3. The van der Waals surface area contributed by atoms with Gasteiger partial charge in [-0.1, -0.05) is 54.1 Å². The summed E-state index contributed by atoms with van der Waals surface area (Å²) in [4.78, 5) is 4.01. The third kappa shape index (κ3) is 2.51. The average Bonchev–Trinajstić information content (AvgIpc) is 2.47. The molecule has 1 aromatic heterocycles. The van der Waals surface area contributed by atoms with E-state index in [1.54, 1.807) is 12.4 Å². The van der Waals surface area contributed by atoms with E-state index >= 15 is 0 Å². The summed E-state index contributed by atoms with van der Waals surface area (Å²) in [6, 6.07) is 16.2. The Labute approximate surface area is 117 Å². The van der Waals surface area contributed by atoms with Crippen LogP contribution in [0.5, 0.6) is 0 Å². The largest absolute Gasteiger partial charge is 0.265 e. The van der Waals surface area contributed by atoms with E-state index < -0.39 is 0 Å². The molecule has 0 aliphatic carbocycles. The van der Waals surface area contributed by atoms with Crippen molar-refractivity contribution in [1.29, 1.82) is 0 Å². The minimum absolute atomic E-state index is 0.768. The van der Waals surface area contributed by atoms with Gasteiger partial charge in [0.1, 0.15) is 0 Å². The van der Waals surface area contributed by atoms with Crippen molar-refractivity contribution in [2.24, 2.45) is 0 Å². The first-order valence-electron chi connectivity index (χ1n) is 6.10. The van der Waals surface area contributed by atoms with E-state index in [2.05, 4.69) is 29.3 Å². The molecular formula is C17H12ClN. The Bertz CT molecular complexity index is 733. The standard InChI is InChI=1S/C17H12ClN/c18-17-8-6-14-3-1-2-4-15(14)16(17)7-5-13-9-11-19-12-10-13/h1-12H. The highest BCUT2D eigenvalue weighted by atomic mass is 35.5. The van der Waals surface area contributed by atoms with Crippen molar-refractivity contribution in [1.82, 2.24) is 4.98 Å². The third-order valence-electron chi connectivity index (χ3n) is 3.07. The second-order valence-electron chi connectivity index (χ2n) is 4.30. The summed E-state index contributed by atoms with van der Waals surface area (Å²) in [5.41, 5.74) is 2.16. The van der Waals surface area contributed by atoms with Crippen molar-refractivity contribution in [3.8, 4) is 0 Å². The van der Waals surface area contributed by atoms with Gasteiger partial charge < -0.3 is 0 Å². The highest BCUT2D eigenvalue weighted by molar-refractivity contribution is 6.33. The molecule has 1 heterocycles. The monoisotopic (exact) mass is 265 g/mol. The first-order valence-corrected chi connectivity index (χ1v) is 6.48. The molecule has 0 atom stereocenters. The molecule has 0 fully saturated rings. The highest BCUT2D eigenvalue weighted by Gasteiger charge is 2.02. The van der Waals surface area contributed by atoms with Gasteiger partial charge in [-0.3, -0.25) is 4.98 Å². The molecule has 3 rings (SSSR count). The summed E-state index contributed by atoms with van der Waals surface area (Å²) in [5, 5.41) is 3.13. The van der Waals surface area contributed by atoms with Crippen LogP contribution >= 0.6 is 11.6 Å². The lowest BCUT2D eigenvalue weighted by molar-refractivity contribution is 1.32. The first-order chi connectivity index (χ1) is 9.34. The summed E-state index contributed by atoms with van der Waals surface area (Å²) < 4.78 is 0. The molecule has 0 amide bonds. The molecular weight excluding hydrogens is 254 g/mol. The van der Waals surface area contributed by atoms with Gasteiger partial charge in [0.05, 0.1) is 0 Å². The maximum Gasteiger partial charge on any atom is 0.0484 e. The molecule has 2 aromatic carbocycles. The van der Waals surface area contributed by atoms with Crippen molar-refractivity contribution in [3.63, 3.8) is 0 Å². The first kappa shape index (κ1) is 11.9. The summed E-state index contributed by atoms with van der Waals surface area (Å²) >= 11 is 6.31. The minimum Gasteiger partial charge on any atom is -0.265 e. The van der Waals surface area contributed by atoms with Crippen molar-refractivity contribution in [3.05, 3.63) is 77.1 Å². The zero-order valence-corrected chi connectivity index (χ0v) is 11.0. The van der Waals surface area contributed by atoms with Crippen LogP contribution in [0, 0.1) is 0 Å². The van der Waals surface area contributed by atoms with Crippen LogP contribution in [0.2, 0.25) is 5.02 Å². The molecule has 92 valence electrons. The number of nitrogens with zero attached hydrogens (tertiary/aromatic N) is 1. The molecule has 0 saturated carbocycles. The van der Waals surface area contributed by atoms with E-state index in [1.165, 1.54) is 10.8 Å². The fourth-order valence-electron chi connectivity index (χ4n) is 2.09. The molecule has 0 N–H and O–H groups in total. The number of fused-ring (bicyclic) bond motifs is 1. The van der Waals surface area contributed by atoms with Gasteiger partial charge in [-0.25, -0.2) is 0 Å². The lowest BCUT2D eigenvalue weighted by Gasteiger charge is -2.04. The topological polar surface area (TPSA) is 12.9 Å². The van der Waals surface area contributed by atoms with Crippen LogP contribution in [0.15, 0.2) is 60.9 Å². The maximum atomic E-state index is 6.31. The Hall–Kier alpha value is -2.12. The normalized spacial score (nSPS) is 11.2. The SMILES string of the molecule is Clc1ccc2ccccc2c1C=Cc1ccncc1. The predicted octanol–water partition coefficient (Wildman–Crippen LogP) is 5.06. The summed E-state index contributed by atoms with van der Waals surface area (Å²) in [5.74, 6) is 0. The second kappa shape index (κ2) is 5.25. The molecule has 1 nitrogen and oxygen atoms in total. The summed E-state index contributed by atoms with van der Waals surface area (Å²) in [6.45, 7) is 0. The van der Waals surface area contributed by atoms with E-state index in [0.717, 1.165) is 16.1 Å². The Kier molecular flexibility index (Phi) is 3.30. The summed E-state index contributed by atoms with van der Waals surface area (Å²) in [6.07, 6.45) is 7.67. The van der Waals surface area contributed by atoms with Gasteiger partial charge in [-0.15, -0.1) is 0 Å². The van der Waals surface area contributed by atoms with Crippen LogP contribution < -0.4 is 0 Å². The van der Waals surface area contributed by atoms with Crippen molar-refractivity contribution < 1.29 is 0 Å². The van der Waals surface area contributed by atoms with Crippen LogP contribution in [0.25, 0.3) is 22.9 Å². The van der Waals surface area contributed by atoms with Gasteiger partial charge in [0.15, 0.2) is 0 Å². The van der Waals surface area contributed by atoms with Gasteiger partial charge >= 0.3 is 0 Å². The third-order valence-corrected chi connectivity index (χ3v) is 3.40. The Morgan fingerprint density at radius 2 is 1.63 bits per heavy atom. The van der Waals surface area contributed by atoms with Crippen LogP contribution in [-0.2, 0) is 0 Å². The van der Waals surface area contributed by atoms with Gasteiger partial charge in [-0.2, -0.15) is 0 Å². The lowest BCUT2D eigenvalue weighted by atomic mass is 10.0. The number of pyridine rings is 1. The van der Waals surface area contributed by atoms with E-state index in [0.29, 0.717) is 0 Å². The van der Waals surface area contributed by atoms with E-state index in [4.69, 9.17) is 11.6 Å². The molecule has 0 spiro atoms. The Morgan fingerprint density at radius 1 is 0.842 bits per heavy atom. The van der Waals surface area contributed by atoms with Crippen LogP contribution in [-0.4, -0.2) is 4.98 Å². The minimum atomic E-state index is 0.768.